The molecule has 3 heterocycles. The lowest BCUT2D eigenvalue weighted by Crippen LogP contribution is -2.15. The van der Waals surface area contributed by atoms with Crippen LogP contribution in [0.3, 0.4) is 0 Å². The molecule has 0 saturated heterocycles. The van der Waals surface area contributed by atoms with Crippen molar-refractivity contribution in [2.45, 2.75) is 45.6 Å². The van der Waals surface area contributed by atoms with Crippen molar-refractivity contribution in [1.29, 1.82) is 0 Å². The van der Waals surface area contributed by atoms with Crippen LogP contribution in [0, 0.1) is 6.92 Å². The summed E-state index contributed by atoms with van der Waals surface area (Å²) in [6, 6.07) is 5.72. The van der Waals surface area contributed by atoms with Crippen LogP contribution in [-0.2, 0) is 12.8 Å². The number of anilines is 1. The molecule has 1 aliphatic rings. The third-order valence-corrected chi connectivity index (χ3v) is 4.40. The quantitative estimate of drug-likeness (QED) is 0.764. The van der Waals surface area contributed by atoms with Gasteiger partial charge in [0.25, 0.3) is 0 Å². The van der Waals surface area contributed by atoms with Gasteiger partial charge in [0, 0.05) is 24.4 Å². The minimum absolute atomic E-state index is 0.0476. The number of aryl methyl sites for hydroxylation is 2. The zero-order valence-corrected chi connectivity index (χ0v) is 14.4. The number of pyridine rings is 1. The van der Waals surface area contributed by atoms with Gasteiger partial charge in [-0.1, -0.05) is 18.1 Å². The summed E-state index contributed by atoms with van der Waals surface area (Å²) >= 11 is 0. The molecule has 3 aromatic heterocycles. The van der Waals surface area contributed by atoms with E-state index in [0.29, 0.717) is 17.5 Å². The Morgan fingerprint density at radius 1 is 1.20 bits per heavy atom. The number of hydrogen-bond donors (Lipinski definition) is 1. The maximum Gasteiger partial charge on any atom is 0.223 e. The van der Waals surface area contributed by atoms with E-state index in [1.54, 1.807) is 13.1 Å². The average molecular weight is 336 g/mol. The van der Waals surface area contributed by atoms with Crippen molar-refractivity contribution in [2.75, 3.05) is 5.32 Å². The minimum Gasteiger partial charge on any atom is -0.360 e. The Kier molecular flexibility index (Phi) is 4.13. The van der Waals surface area contributed by atoms with Gasteiger partial charge in [0.15, 0.2) is 11.6 Å². The molecule has 1 N–H and O–H groups in total. The molecule has 0 fully saturated rings. The molecule has 7 nitrogen and oxygen atoms in total. The van der Waals surface area contributed by atoms with Crippen LogP contribution in [0.4, 0.5) is 5.82 Å². The molecule has 1 unspecified atom stereocenters. The minimum atomic E-state index is -0.0476. The number of hydrogen-bond acceptors (Lipinski definition) is 7. The van der Waals surface area contributed by atoms with Gasteiger partial charge in [-0.15, -0.1) is 0 Å². The first kappa shape index (κ1) is 15.7. The molecule has 3 aromatic rings. The Morgan fingerprint density at radius 3 is 2.84 bits per heavy atom. The first-order chi connectivity index (χ1) is 12.2. The van der Waals surface area contributed by atoms with Crippen molar-refractivity contribution in [3.05, 3.63) is 47.4 Å². The Morgan fingerprint density at radius 2 is 2.12 bits per heavy atom. The summed E-state index contributed by atoms with van der Waals surface area (Å²) in [5, 5.41) is 7.56. The molecule has 1 aliphatic carbocycles. The number of fused-ring (bicyclic) bond motifs is 1. The van der Waals surface area contributed by atoms with Crippen LogP contribution in [0.5, 0.6) is 0 Å². The summed E-state index contributed by atoms with van der Waals surface area (Å²) in [6.07, 6.45) is 5.65. The summed E-state index contributed by atoms with van der Waals surface area (Å²) in [5.41, 5.74) is 3.08. The molecule has 0 amide bonds. The summed E-state index contributed by atoms with van der Waals surface area (Å²) in [7, 11) is 0. The highest BCUT2D eigenvalue weighted by atomic mass is 16.5. The predicted octanol–water partition coefficient (Wildman–Crippen LogP) is 3.28. The van der Waals surface area contributed by atoms with Crippen molar-refractivity contribution < 1.29 is 4.52 Å². The molecule has 7 heteroatoms. The van der Waals surface area contributed by atoms with Gasteiger partial charge >= 0.3 is 0 Å². The van der Waals surface area contributed by atoms with Gasteiger partial charge in [-0.2, -0.15) is 4.98 Å². The Balaban J connectivity index is 1.72. The Bertz CT molecular complexity index is 877. The number of aromatic nitrogens is 5. The van der Waals surface area contributed by atoms with Crippen molar-refractivity contribution in [3.8, 4) is 11.5 Å². The number of nitrogens with zero attached hydrogens (tertiary/aromatic N) is 5. The van der Waals surface area contributed by atoms with Crippen LogP contribution >= 0.6 is 0 Å². The van der Waals surface area contributed by atoms with Crippen molar-refractivity contribution >= 4 is 5.82 Å². The molecule has 0 bridgehead atoms. The molecular weight excluding hydrogens is 316 g/mol. The predicted molar refractivity (Wildman–Crippen MR) is 93.0 cm³/mol. The normalized spacial score (nSPS) is 14.3. The Labute approximate surface area is 145 Å². The van der Waals surface area contributed by atoms with Gasteiger partial charge in [-0.25, -0.2) is 9.97 Å². The van der Waals surface area contributed by atoms with Crippen LogP contribution in [0.15, 0.2) is 28.9 Å². The first-order valence-corrected chi connectivity index (χ1v) is 8.62. The van der Waals surface area contributed by atoms with Crippen LogP contribution in [0.2, 0.25) is 0 Å². The lowest BCUT2D eigenvalue weighted by Gasteiger charge is -2.17. The van der Waals surface area contributed by atoms with Gasteiger partial charge in [-0.3, -0.25) is 4.98 Å². The van der Waals surface area contributed by atoms with Crippen LogP contribution < -0.4 is 5.32 Å². The van der Waals surface area contributed by atoms with E-state index in [2.05, 4.69) is 27.4 Å². The van der Waals surface area contributed by atoms with Crippen LogP contribution in [0.25, 0.3) is 11.5 Å². The van der Waals surface area contributed by atoms with E-state index >= 15 is 0 Å². The fraction of sp³-hybridized carbons (Fsp3) is 0.389. The standard InChI is InChI=1S/C18H20N6O/c1-3-13(18-20-11(2)25-24-18)21-16-12-7-6-9-14(12)22-17(23-16)15-8-4-5-10-19-15/h4-5,8,10,13H,3,6-7,9H2,1-2H3,(H,21,22,23). The summed E-state index contributed by atoms with van der Waals surface area (Å²) in [6.45, 7) is 3.88. The van der Waals surface area contributed by atoms with Crippen molar-refractivity contribution in [2.24, 2.45) is 0 Å². The zero-order valence-electron chi connectivity index (χ0n) is 14.4. The molecule has 128 valence electrons. The summed E-state index contributed by atoms with van der Waals surface area (Å²) in [4.78, 5) is 18.2. The fourth-order valence-electron chi connectivity index (χ4n) is 3.13. The third kappa shape index (κ3) is 3.09. The maximum atomic E-state index is 5.13. The van der Waals surface area contributed by atoms with E-state index in [1.165, 1.54) is 5.56 Å². The third-order valence-electron chi connectivity index (χ3n) is 4.40. The van der Waals surface area contributed by atoms with Crippen molar-refractivity contribution in [3.63, 3.8) is 0 Å². The van der Waals surface area contributed by atoms with Gasteiger partial charge in [0.1, 0.15) is 11.5 Å². The first-order valence-electron chi connectivity index (χ1n) is 8.62. The molecule has 0 aromatic carbocycles. The fourth-order valence-corrected chi connectivity index (χ4v) is 3.13. The molecule has 1 atom stereocenters. The second kappa shape index (κ2) is 6.58. The SMILES string of the molecule is CCC(Nc1nc(-c2ccccn2)nc2c1CCC2)c1noc(C)n1. The summed E-state index contributed by atoms with van der Waals surface area (Å²) < 4.78 is 5.13. The van der Waals surface area contributed by atoms with Gasteiger partial charge in [0.05, 0.1) is 6.04 Å². The second-order valence-corrected chi connectivity index (χ2v) is 6.17. The Hall–Kier alpha value is -2.83. The number of rotatable bonds is 5. The summed E-state index contributed by atoms with van der Waals surface area (Å²) in [5.74, 6) is 2.74. The van der Waals surface area contributed by atoms with E-state index in [0.717, 1.165) is 42.9 Å². The van der Waals surface area contributed by atoms with Gasteiger partial charge < -0.3 is 9.84 Å². The van der Waals surface area contributed by atoms with E-state index in [4.69, 9.17) is 14.5 Å². The monoisotopic (exact) mass is 336 g/mol. The van der Waals surface area contributed by atoms with Gasteiger partial charge in [0.2, 0.25) is 5.89 Å². The molecule has 0 spiro atoms. The van der Waals surface area contributed by atoms with Crippen molar-refractivity contribution in [1.82, 2.24) is 25.1 Å². The van der Waals surface area contributed by atoms with Gasteiger partial charge in [-0.05, 0) is 37.8 Å². The lowest BCUT2D eigenvalue weighted by molar-refractivity contribution is 0.384. The number of nitrogens with one attached hydrogen (secondary N) is 1. The van der Waals surface area contributed by atoms with E-state index < -0.39 is 0 Å². The highest BCUT2D eigenvalue weighted by Gasteiger charge is 2.23. The molecular formula is C18H20N6O. The molecule has 4 rings (SSSR count). The average Bonchev–Trinajstić information content (AvgIpc) is 3.29. The van der Waals surface area contributed by atoms with Crippen LogP contribution in [-0.4, -0.2) is 25.1 Å². The topological polar surface area (TPSA) is 89.6 Å². The van der Waals surface area contributed by atoms with E-state index in [-0.39, 0.29) is 6.04 Å². The molecule has 25 heavy (non-hydrogen) atoms. The zero-order chi connectivity index (χ0) is 17.2. The molecule has 0 aliphatic heterocycles. The second-order valence-electron chi connectivity index (χ2n) is 6.17. The molecule has 0 saturated carbocycles. The molecule has 0 radical (unpaired) electrons. The maximum absolute atomic E-state index is 5.13. The highest BCUT2D eigenvalue weighted by molar-refractivity contribution is 5.58. The van der Waals surface area contributed by atoms with E-state index in [1.807, 2.05) is 18.2 Å². The van der Waals surface area contributed by atoms with E-state index in [9.17, 15) is 0 Å². The highest BCUT2D eigenvalue weighted by Crippen LogP contribution is 2.31. The largest absolute Gasteiger partial charge is 0.360 e. The lowest BCUT2D eigenvalue weighted by atomic mass is 10.1. The smallest absolute Gasteiger partial charge is 0.223 e. The van der Waals surface area contributed by atoms with Crippen LogP contribution in [0.1, 0.15) is 48.8 Å².